The predicted octanol–water partition coefficient (Wildman–Crippen LogP) is 3.38. The van der Waals surface area contributed by atoms with Crippen LogP contribution in [0.15, 0.2) is 18.2 Å². The second-order valence-electron chi connectivity index (χ2n) is 7.62. The minimum atomic E-state index is 0.249. The number of allylic oxidation sites excluding steroid dienone is 1. The first kappa shape index (κ1) is 19.4. The molecule has 0 amide bonds. The van der Waals surface area contributed by atoms with Gasteiger partial charge in [-0.3, -0.25) is 0 Å². The lowest BCUT2D eigenvalue weighted by atomic mass is 10.1. The molecule has 3 heterocycles. The molecule has 0 atom stereocenters. The fraction of sp³-hybridized carbons (Fsp3) is 0.409. The molecule has 150 valence electrons. The van der Waals surface area contributed by atoms with Crippen molar-refractivity contribution in [2.75, 3.05) is 18.0 Å². The normalized spacial score (nSPS) is 16.8. The van der Waals surface area contributed by atoms with E-state index in [9.17, 15) is 0 Å². The summed E-state index contributed by atoms with van der Waals surface area (Å²) < 4.78 is 11.9. The molecule has 0 radical (unpaired) electrons. The molecule has 1 saturated heterocycles. The molecule has 0 bridgehead atoms. The van der Waals surface area contributed by atoms with Crippen LogP contribution in [0, 0.1) is 25.2 Å². The third-order valence-corrected chi connectivity index (χ3v) is 5.38. The van der Waals surface area contributed by atoms with E-state index >= 15 is 0 Å². The first-order valence-electron chi connectivity index (χ1n) is 9.88. The maximum atomic E-state index is 8.75. The largest absolute Gasteiger partial charge is 0.438 e. The Bertz CT molecular complexity index is 964. The van der Waals surface area contributed by atoms with Crippen molar-refractivity contribution in [3.05, 3.63) is 46.2 Å². The minimum absolute atomic E-state index is 0.249. The van der Waals surface area contributed by atoms with Crippen LogP contribution in [0.5, 0.6) is 11.6 Å². The lowest BCUT2D eigenvalue weighted by molar-refractivity contribution is 0.132. The van der Waals surface area contributed by atoms with Crippen LogP contribution in [0.4, 0.5) is 5.95 Å². The molecule has 7 heteroatoms. The van der Waals surface area contributed by atoms with Crippen LogP contribution in [0.2, 0.25) is 0 Å². The first-order chi connectivity index (χ1) is 14.0. The van der Waals surface area contributed by atoms with Crippen molar-refractivity contribution < 1.29 is 9.47 Å². The Morgan fingerprint density at radius 3 is 2.62 bits per heavy atom. The molecular formula is C22H25N5O2. The first-order valence-corrected chi connectivity index (χ1v) is 9.88. The Morgan fingerprint density at radius 1 is 1.21 bits per heavy atom. The Hall–Kier alpha value is -2.95. The number of nitrogens with two attached hydrogens (primary N) is 1. The van der Waals surface area contributed by atoms with Gasteiger partial charge in [-0.2, -0.15) is 10.2 Å². The van der Waals surface area contributed by atoms with Gasteiger partial charge < -0.3 is 20.1 Å². The molecule has 29 heavy (non-hydrogen) atoms. The van der Waals surface area contributed by atoms with Crippen molar-refractivity contribution in [3.63, 3.8) is 0 Å². The molecule has 2 N–H and O–H groups in total. The number of nitrogens with zero attached hydrogens (tertiary/aromatic N) is 4. The van der Waals surface area contributed by atoms with Gasteiger partial charge in [0.1, 0.15) is 5.75 Å². The lowest BCUT2D eigenvalue weighted by Crippen LogP contribution is -2.40. The second kappa shape index (κ2) is 8.19. The van der Waals surface area contributed by atoms with E-state index in [0.29, 0.717) is 25.0 Å². The number of fused-ring (bicyclic) bond motifs is 1. The Morgan fingerprint density at radius 2 is 1.93 bits per heavy atom. The zero-order chi connectivity index (χ0) is 20.4. The summed E-state index contributed by atoms with van der Waals surface area (Å²) >= 11 is 0. The van der Waals surface area contributed by atoms with Crippen LogP contribution in [-0.2, 0) is 18.0 Å². The molecule has 2 aliphatic heterocycles. The topological polar surface area (TPSA) is 97.3 Å². The maximum Gasteiger partial charge on any atom is 0.230 e. The fourth-order valence-corrected chi connectivity index (χ4v) is 3.81. The van der Waals surface area contributed by atoms with E-state index in [-0.39, 0.29) is 6.04 Å². The zero-order valence-corrected chi connectivity index (χ0v) is 16.8. The van der Waals surface area contributed by atoms with Crippen LogP contribution in [0.1, 0.15) is 40.8 Å². The van der Waals surface area contributed by atoms with E-state index in [1.165, 1.54) is 6.08 Å². The standard InChI is InChI=1S/C22H25N5O2/c1-14-10-16(4-3-7-23)11-15(2)20(14)29-21-18-12-28-13-19(18)25-22(26-21)27-8-5-17(24)6-9-27/h3-4,10-11,17H,5-6,8-9,12-13,24H2,1-2H3. The van der Waals surface area contributed by atoms with Gasteiger partial charge in [-0.25, -0.2) is 4.98 Å². The molecule has 7 nitrogen and oxygen atoms in total. The highest BCUT2D eigenvalue weighted by Gasteiger charge is 2.26. The molecule has 2 aliphatic rings. The van der Waals surface area contributed by atoms with Crippen LogP contribution in [0.3, 0.4) is 0 Å². The average Bonchev–Trinajstić information content (AvgIpc) is 3.18. The number of hydrogen-bond donors (Lipinski definition) is 1. The number of piperidine rings is 1. The summed E-state index contributed by atoms with van der Waals surface area (Å²) in [7, 11) is 0. The minimum Gasteiger partial charge on any atom is -0.438 e. The summed E-state index contributed by atoms with van der Waals surface area (Å²) in [5, 5.41) is 8.75. The smallest absolute Gasteiger partial charge is 0.230 e. The van der Waals surface area contributed by atoms with Gasteiger partial charge in [-0.1, -0.05) is 0 Å². The molecule has 0 unspecified atom stereocenters. The molecule has 0 spiro atoms. The SMILES string of the molecule is Cc1cc(C=CC#N)cc(C)c1Oc1nc(N2CCC(N)CC2)nc2c1COC2. The Kier molecular flexibility index (Phi) is 5.47. The van der Waals surface area contributed by atoms with E-state index in [1.54, 1.807) is 6.08 Å². The summed E-state index contributed by atoms with van der Waals surface area (Å²) in [6.45, 7) is 6.62. The molecule has 0 saturated carbocycles. The van der Waals surface area contributed by atoms with Crippen molar-refractivity contribution in [3.8, 4) is 17.7 Å². The van der Waals surface area contributed by atoms with E-state index in [2.05, 4.69) is 4.90 Å². The molecule has 2 aromatic rings. The van der Waals surface area contributed by atoms with E-state index in [0.717, 1.165) is 59.6 Å². The highest BCUT2D eigenvalue weighted by molar-refractivity contribution is 5.58. The summed E-state index contributed by atoms with van der Waals surface area (Å²) in [5.74, 6) is 2.02. The number of ether oxygens (including phenoxy) is 2. The number of aryl methyl sites for hydroxylation is 2. The van der Waals surface area contributed by atoms with Crippen LogP contribution >= 0.6 is 0 Å². The summed E-state index contributed by atoms with van der Waals surface area (Å²) in [5.41, 5.74) is 10.8. The number of rotatable bonds is 4. The van der Waals surface area contributed by atoms with Gasteiger partial charge in [0.2, 0.25) is 11.8 Å². The van der Waals surface area contributed by atoms with Gasteiger partial charge >= 0.3 is 0 Å². The average molecular weight is 391 g/mol. The van der Waals surface area contributed by atoms with Gasteiger partial charge in [-0.05, 0) is 61.6 Å². The number of hydrogen-bond acceptors (Lipinski definition) is 7. The number of anilines is 1. The maximum absolute atomic E-state index is 8.75. The van der Waals surface area contributed by atoms with Crippen molar-refractivity contribution in [2.45, 2.75) is 45.9 Å². The van der Waals surface area contributed by atoms with Gasteiger partial charge in [0.15, 0.2) is 0 Å². The summed E-state index contributed by atoms with van der Waals surface area (Å²) in [4.78, 5) is 11.7. The second-order valence-corrected chi connectivity index (χ2v) is 7.62. The van der Waals surface area contributed by atoms with Crippen LogP contribution < -0.4 is 15.4 Å². The highest BCUT2D eigenvalue weighted by Crippen LogP contribution is 2.35. The van der Waals surface area contributed by atoms with Crippen molar-refractivity contribution >= 4 is 12.0 Å². The Balaban J connectivity index is 1.67. The third kappa shape index (κ3) is 4.09. The molecule has 1 aromatic heterocycles. The summed E-state index contributed by atoms with van der Waals surface area (Å²) in [6, 6.07) is 6.27. The van der Waals surface area contributed by atoms with Crippen molar-refractivity contribution in [2.24, 2.45) is 5.73 Å². The van der Waals surface area contributed by atoms with Crippen LogP contribution in [0.25, 0.3) is 6.08 Å². The van der Waals surface area contributed by atoms with E-state index < -0.39 is 0 Å². The monoisotopic (exact) mass is 391 g/mol. The van der Waals surface area contributed by atoms with Crippen molar-refractivity contribution in [1.29, 1.82) is 5.26 Å². The number of aromatic nitrogens is 2. The summed E-state index contributed by atoms with van der Waals surface area (Å²) in [6.07, 6.45) is 5.13. The Labute approximate surface area is 170 Å². The van der Waals surface area contributed by atoms with Gasteiger partial charge in [0, 0.05) is 25.2 Å². The molecule has 1 fully saturated rings. The highest BCUT2D eigenvalue weighted by atomic mass is 16.5. The molecular weight excluding hydrogens is 366 g/mol. The predicted molar refractivity (Wildman–Crippen MR) is 111 cm³/mol. The van der Waals surface area contributed by atoms with Crippen LogP contribution in [-0.4, -0.2) is 29.1 Å². The van der Waals surface area contributed by atoms with Gasteiger partial charge in [0.25, 0.3) is 0 Å². The quantitative estimate of drug-likeness (QED) is 0.798. The van der Waals surface area contributed by atoms with Crippen molar-refractivity contribution in [1.82, 2.24) is 9.97 Å². The number of benzene rings is 1. The molecule has 1 aromatic carbocycles. The fourth-order valence-electron chi connectivity index (χ4n) is 3.81. The third-order valence-electron chi connectivity index (χ3n) is 5.38. The van der Waals surface area contributed by atoms with E-state index in [1.807, 2.05) is 32.0 Å². The van der Waals surface area contributed by atoms with Gasteiger partial charge in [-0.15, -0.1) is 0 Å². The molecule has 4 rings (SSSR count). The molecule has 0 aliphatic carbocycles. The zero-order valence-electron chi connectivity index (χ0n) is 16.8. The lowest BCUT2D eigenvalue weighted by Gasteiger charge is -2.30. The number of nitriles is 1. The van der Waals surface area contributed by atoms with Gasteiger partial charge in [0.05, 0.1) is 30.5 Å². The van der Waals surface area contributed by atoms with E-state index in [4.69, 9.17) is 30.4 Å².